The van der Waals surface area contributed by atoms with Gasteiger partial charge in [0, 0.05) is 13.1 Å². The predicted octanol–water partition coefficient (Wildman–Crippen LogP) is 1.83. The van der Waals surface area contributed by atoms with Crippen molar-refractivity contribution in [3.63, 3.8) is 0 Å². The molecule has 0 spiro atoms. The van der Waals surface area contributed by atoms with Crippen molar-refractivity contribution in [3.8, 4) is 0 Å². The van der Waals surface area contributed by atoms with Crippen LogP contribution in [-0.2, 0) is 6.54 Å². The van der Waals surface area contributed by atoms with Crippen LogP contribution < -0.4 is 10.6 Å². The predicted molar refractivity (Wildman–Crippen MR) is 82.4 cm³/mol. The van der Waals surface area contributed by atoms with Crippen molar-refractivity contribution < 1.29 is 4.39 Å². The minimum atomic E-state index is -0.221. The largest absolute Gasteiger partial charge is 0.357 e. The summed E-state index contributed by atoms with van der Waals surface area (Å²) in [5.41, 5.74) is 0.871. The van der Waals surface area contributed by atoms with Gasteiger partial charge in [0.15, 0.2) is 5.96 Å². The number of benzene rings is 1. The summed E-state index contributed by atoms with van der Waals surface area (Å²) in [6.45, 7) is 5.21. The van der Waals surface area contributed by atoms with Gasteiger partial charge in [-0.25, -0.2) is 9.38 Å². The number of rotatable bonds is 7. The zero-order valence-electron chi connectivity index (χ0n) is 12.6. The molecular formula is C15H25FN4. The second kappa shape index (κ2) is 9.31. The first-order valence-electron chi connectivity index (χ1n) is 7.03. The van der Waals surface area contributed by atoms with Crippen LogP contribution in [0.15, 0.2) is 29.3 Å². The Morgan fingerprint density at radius 2 is 2.10 bits per heavy atom. The summed E-state index contributed by atoms with van der Waals surface area (Å²) in [6, 6.07) is 6.54. The van der Waals surface area contributed by atoms with Gasteiger partial charge in [0.25, 0.3) is 0 Å². The zero-order valence-corrected chi connectivity index (χ0v) is 12.6. The summed E-state index contributed by atoms with van der Waals surface area (Å²) in [5.74, 6) is 0.553. The maximum absolute atomic E-state index is 13.1. The molecule has 0 bridgehead atoms. The maximum atomic E-state index is 13.1. The van der Waals surface area contributed by atoms with Crippen LogP contribution in [0.5, 0.6) is 0 Å². The molecule has 0 fully saturated rings. The van der Waals surface area contributed by atoms with Crippen LogP contribution in [0, 0.1) is 5.82 Å². The van der Waals surface area contributed by atoms with Gasteiger partial charge in [-0.2, -0.15) is 0 Å². The third-order valence-electron chi connectivity index (χ3n) is 2.73. The summed E-state index contributed by atoms with van der Waals surface area (Å²) in [6.07, 6.45) is 1.05. The molecule has 0 unspecified atom stereocenters. The van der Waals surface area contributed by atoms with Crippen molar-refractivity contribution in [1.82, 2.24) is 15.5 Å². The fraction of sp³-hybridized carbons (Fsp3) is 0.533. The van der Waals surface area contributed by atoms with Crippen LogP contribution in [0.4, 0.5) is 4.39 Å². The van der Waals surface area contributed by atoms with Crippen molar-refractivity contribution in [2.24, 2.45) is 4.99 Å². The molecule has 4 nitrogen and oxygen atoms in total. The molecular weight excluding hydrogens is 255 g/mol. The molecule has 20 heavy (non-hydrogen) atoms. The van der Waals surface area contributed by atoms with E-state index in [0.717, 1.165) is 37.6 Å². The number of nitrogens with one attached hydrogen (secondary N) is 2. The Morgan fingerprint density at radius 1 is 1.30 bits per heavy atom. The van der Waals surface area contributed by atoms with Crippen LogP contribution >= 0.6 is 0 Å². The maximum Gasteiger partial charge on any atom is 0.191 e. The van der Waals surface area contributed by atoms with E-state index < -0.39 is 0 Å². The van der Waals surface area contributed by atoms with Crippen LogP contribution in [0.1, 0.15) is 18.9 Å². The van der Waals surface area contributed by atoms with E-state index in [1.54, 1.807) is 6.07 Å². The van der Waals surface area contributed by atoms with Crippen molar-refractivity contribution >= 4 is 5.96 Å². The molecule has 0 aliphatic carbocycles. The molecule has 1 aromatic rings. The number of guanidine groups is 1. The molecule has 0 aromatic heterocycles. The molecule has 1 aromatic carbocycles. The Morgan fingerprint density at radius 3 is 2.75 bits per heavy atom. The first-order valence-corrected chi connectivity index (χ1v) is 7.03. The molecule has 0 atom stereocenters. The Labute approximate surface area is 121 Å². The fourth-order valence-electron chi connectivity index (χ4n) is 1.75. The van der Waals surface area contributed by atoms with Gasteiger partial charge >= 0.3 is 0 Å². The normalized spacial score (nSPS) is 11.8. The van der Waals surface area contributed by atoms with Crippen molar-refractivity contribution in [3.05, 3.63) is 35.6 Å². The van der Waals surface area contributed by atoms with E-state index in [2.05, 4.69) is 34.6 Å². The SMILES string of the molecule is CCNC(=NCc1cccc(F)c1)NCCCN(C)C. The Hall–Kier alpha value is -1.62. The number of hydrogen-bond donors (Lipinski definition) is 2. The summed E-state index contributed by atoms with van der Waals surface area (Å²) in [7, 11) is 4.12. The van der Waals surface area contributed by atoms with Crippen molar-refractivity contribution in [1.29, 1.82) is 0 Å². The molecule has 0 heterocycles. The number of hydrogen-bond acceptors (Lipinski definition) is 2. The Balaban J connectivity index is 2.45. The summed E-state index contributed by atoms with van der Waals surface area (Å²) >= 11 is 0. The second-order valence-corrected chi connectivity index (χ2v) is 4.91. The Kier molecular flexibility index (Phi) is 7.65. The van der Waals surface area contributed by atoms with Crippen molar-refractivity contribution in [2.45, 2.75) is 19.9 Å². The molecule has 0 saturated heterocycles. The van der Waals surface area contributed by atoms with E-state index in [1.807, 2.05) is 13.0 Å². The number of aliphatic imine (C=N–C) groups is 1. The summed E-state index contributed by atoms with van der Waals surface area (Å²) < 4.78 is 13.1. The fourth-order valence-corrected chi connectivity index (χ4v) is 1.75. The van der Waals surface area contributed by atoms with Gasteiger partial charge in [0.1, 0.15) is 5.82 Å². The van der Waals surface area contributed by atoms with Gasteiger partial charge in [0.2, 0.25) is 0 Å². The lowest BCUT2D eigenvalue weighted by Gasteiger charge is -2.13. The summed E-state index contributed by atoms with van der Waals surface area (Å²) in [4.78, 5) is 6.61. The topological polar surface area (TPSA) is 39.7 Å². The quantitative estimate of drug-likeness (QED) is 0.455. The van der Waals surface area contributed by atoms with Crippen LogP contribution in [0.25, 0.3) is 0 Å². The molecule has 0 amide bonds. The molecule has 0 aliphatic rings. The summed E-state index contributed by atoms with van der Waals surface area (Å²) in [5, 5.41) is 6.47. The van der Waals surface area contributed by atoms with Crippen LogP contribution in [0.2, 0.25) is 0 Å². The van der Waals surface area contributed by atoms with Crippen LogP contribution in [0.3, 0.4) is 0 Å². The third-order valence-corrected chi connectivity index (χ3v) is 2.73. The molecule has 5 heteroatoms. The second-order valence-electron chi connectivity index (χ2n) is 4.91. The van der Waals surface area contributed by atoms with E-state index in [0.29, 0.717) is 6.54 Å². The van der Waals surface area contributed by atoms with E-state index in [4.69, 9.17) is 0 Å². The number of nitrogens with zero attached hydrogens (tertiary/aromatic N) is 2. The standard InChI is InChI=1S/C15H25FN4/c1-4-17-15(18-9-6-10-20(2)3)19-12-13-7-5-8-14(16)11-13/h5,7-8,11H,4,6,9-10,12H2,1-3H3,(H2,17,18,19). The lowest BCUT2D eigenvalue weighted by Crippen LogP contribution is -2.38. The lowest BCUT2D eigenvalue weighted by atomic mass is 10.2. The monoisotopic (exact) mass is 280 g/mol. The highest BCUT2D eigenvalue weighted by Crippen LogP contribution is 2.04. The third kappa shape index (κ3) is 7.09. The van der Waals surface area contributed by atoms with E-state index in [1.165, 1.54) is 12.1 Å². The highest BCUT2D eigenvalue weighted by atomic mass is 19.1. The van der Waals surface area contributed by atoms with Gasteiger partial charge < -0.3 is 15.5 Å². The van der Waals surface area contributed by atoms with Gasteiger partial charge in [0.05, 0.1) is 6.54 Å². The minimum Gasteiger partial charge on any atom is -0.357 e. The van der Waals surface area contributed by atoms with E-state index in [9.17, 15) is 4.39 Å². The number of halogens is 1. The van der Waals surface area contributed by atoms with Crippen molar-refractivity contribution in [2.75, 3.05) is 33.7 Å². The van der Waals surface area contributed by atoms with Gasteiger partial charge in [-0.1, -0.05) is 12.1 Å². The zero-order chi connectivity index (χ0) is 14.8. The molecule has 1 rings (SSSR count). The minimum absolute atomic E-state index is 0.221. The first kappa shape index (κ1) is 16.4. The Bertz CT molecular complexity index is 418. The van der Waals surface area contributed by atoms with E-state index >= 15 is 0 Å². The van der Waals surface area contributed by atoms with Crippen LogP contribution in [-0.4, -0.2) is 44.6 Å². The average molecular weight is 280 g/mol. The molecule has 0 saturated carbocycles. The lowest BCUT2D eigenvalue weighted by molar-refractivity contribution is 0.399. The molecule has 0 radical (unpaired) electrons. The highest BCUT2D eigenvalue weighted by molar-refractivity contribution is 5.79. The first-order chi connectivity index (χ1) is 9.61. The van der Waals surface area contributed by atoms with Gasteiger partial charge in [-0.05, 0) is 51.7 Å². The van der Waals surface area contributed by atoms with E-state index in [-0.39, 0.29) is 5.82 Å². The molecule has 0 aliphatic heterocycles. The average Bonchev–Trinajstić information content (AvgIpc) is 2.40. The van der Waals surface area contributed by atoms with Gasteiger partial charge in [-0.3, -0.25) is 0 Å². The highest BCUT2D eigenvalue weighted by Gasteiger charge is 1.98. The smallest absolute Gasteiger partial charge is 0.191 e. The molecule has 2 N–H and O–H groups in total. The molecule has 112 valence electrons. The van der Waals surface area contributed by atoms with Gasteiger partial charge in [-0.15, -0.1) is 0 Å².